The Labute approximate surface area is 214 Å². The topological polar surface area (TPSA) is 158 Å². The third kappa shape index (κ3) is 7.08. The van der Waals surface area contributed by atoms with Crippen molar-refractivity contribution >= 4 is 79.9 Å². The number of amides is 3. The van der Waals surface area contributed by atoms with E-state index in [9.17, 15) is 19.2 Å². The fraction of sp³-hybridized carbons (Fsp3) is 0.238. The summed E-state index contributed by atoms with van der Waals surface area (Å²) in [4.78, 5) is 55.2. The van der Waals surface area contributed by atoms with Gasteiger partial charge in [0.1, 0.15) is 16.4 Å². The quantitative estimate of drug-likeness (QED) is 0.293. The van der Waals surface area contributed by atoms with Crippen molar-refractivity contribution in [1.82, 2.24) is 9.88 Å². The SMILES string of the molecule is CCOC(=O)CN1C(=O)/C(=C(/C(=O)OCC)c2csc(NC(=O)Nc3ccccc3)n2)SC1=S.O. The summed E-state index contributed by atoms with van der Waals surface area (Å²) in [6.07, 6.45) is 0. The predicted molar refractivity (Wildman–Crippen MR) is 137 cm³/mol. The summed E-state index contributed by atoms with van der Waals surface area (Å²) < 4.78 is 10.1. The molecule has 0 spiro atoms. The molecule has 0 saturated carbocycles. The van der Waals surface area contributed by atoms with E-state index in [4.69, 9.17) is 21.7 Å². The normalized spacial score (nSPS) is 14.2. The molecule has 3 rings (SSSR count). The van der Waals surface area contributed by atoms with Gasteiger partial charge in [0.15, 0.2) is 5.13 Å². The summed E-state index contributed by atoms with van der Waals surface area (Å²) in [6, 6.07) is 8.31. The zero-order valence-electron chi connectivity index (χ0n) is 18.7. The highest BCUT2D eigenvalue weighted by molar-refractivity contribution is 8.26. The Morgan fingerprint density at radius 3 is 2.43 bits per heavy atom. The standard InChI is InChI=1S/C21H20N4O6S3.H2O/c1-3-30-14(26)10-25-17(27)16(34-21(25)32)15(18(28)31-4-2)13-11-33-20(23-13)24-19(29)22-12-8-6-5-7-9-12;/h5-9,11H,3-4,10H2,1-2H3,(H2,22,23,24,29);1H2/b16-15-;. The number of esters is 2. The van der Waals surface area contributed by atoms with Crippen molar-refractivity contribution in [2.24, 2.45) is 0 Å². The van der Waals surface area contributed by atoms with Crippen LogP contribution in [-0.2, 0) is 23.9 Å². The van der Waals surface area contributed by atoms with Crippen LogP contribution in [0, 0.1) is 0 Å². The van der Waals surface area contributed by atoms with Gasteiger partial charge < -0.3 is 20.3 Å². The number of aromatic nitrogens is 1. The molecule has 0 aliphatic carbocycles. The van der Waals surface area contributed by atoms with Crippen LogP contribution in [0.2, 0.25) is 0 Å². The second-order valence-electron chi connectivity index (χ2n) is 6.47. The van der Waals surface area contributed by atoms with Gasteiger partial charge in [0, 0.05) is 11.1 Å². The number of urea groups is 1. The Bertz CT molecular complexity index is 1150. The van der Waals surface area contributed by atoms with Gasteiger partial charge in [0.25, 0.3) is 5.91 Å². The highest BCUT2D eigenvalue weighted by Gasteiger charge is 2.39. The maximum absolute atomic E-state index is 13.0. The highest BCUT2D eigenvalue weighted by atomic mass is 32.2. The lowest BCUT2D eigenvalue weighted by Crippen LogP contribution is -2.34. The number of thioether (sulfide) groups is 1. The molecule has 1 aromatic carbocycles. The van der Waals surface area contributed by atoms with Gasteiger partial charge in [-0.25, -0.2) is 14.6 Å². The average molecular weight is 539 g/mol. The van der Waals surface area contributed by atoms with Crippen molar-refractivity contribution in [3.05, 3.63) is 46.3 Å². The van der Waals surface area contributed by atoms with Crippen LogP contribution in [0.1, 0.15) is 19.5 Å². The van der Waals surface area contributed by atoms with Crippen LogP contribution >= 0.6 is 35.3 Å². The van der Waals surface area contributed by atoms with Gasteiger partial charge in [-0.1, -0.05) is 42.2 Å². The molecule has 186 valence electrons. The maximum atomic E-state index is 13.0. The maximum Gasteiger partial charge on any atom is 0.341 e. The average Bonchev–Trinajstić information content (AvgIpc) is 3.35. The zero-order chi connectivity index (χ0) is 24.7. The number of nitrogens with one attached hydrogen (secondary N) is 2. The Morgan fingerprint density at radius 1 is 1.09 bits per heavy atom. The number of hydrogen-bond donors (Lipinski definition) is 2. The first-order valence-corrected chi connectivity index (χ1v) is 12.1. The smallest absolute Gasteiger partial charge is 0.341 e. The number of nitrogens with zero attached hydrogens (tertiary/aromatic N) is 2. The van der Waals surface area contributed by atoms with Crippen LogP contribution in [0.3, 0.4) is 0 Å². The minimum Gasteiger partial charge on any atom is -0.465 e. The van der Waals surface area contributed by atoms with Crippen molar-refractivity contribution < 1.29 is 34.1 Å². The molecule has 1 fully saturated rings. The van der Waals surface area contributed by atoms with E-state index in [1.165, 1.54) is 5.38 Å². The Hall–Kier alpha value is -3.33. The summed E-state index contributed by atoms with van der Waals surface area (Å²) in [5, 5.41) is 6.97. The van der Waals surface area contributed by atoms with Crippen molar-refractivity contribution in [3.8, 4) is 0 Å². The monoisotopic (exact) mass is 538 g/mol. The molecular formula is C21H22N4O7S3. The molecule has 1 aliphatic rings. The number of thiazole rings is 1. The first kappa shape index (κ1) is 27.9. The van der Waals surface area contributed by atoms with Gasteiger partial charge in [-0.3, -0.25) is 19.8 Å². The third-order valence-electron chi connectivity index (χ3n) is 4.16. The first-order valence-electron chi connectivity index (χ1n) is 10.0. The highest BCUT2D eigenvalue weighted by Crippen LogP contribution is 2.38. The van der Waals surface area contributed by atoms with Crippen LogP contribution in [0.5, 0.6) is 0 Å². The van der Waals surface area contributed by atoms with Gasteiger partial charge in [-0.05, 0) is 26.0 Å². The second kappa shape index (κ2) is 12.9. The van der Waals surface area contributed by atoms with E-state index in [1.54, 1.807) is 38.1 Å². The number of ether oxygens (including phenoxy) is 2. The predicted octanol–water partition coefficient (Wildman–Crippen LogP) is 2.66. The van der Waals surface area contributed by atoms with Gasteiger partial charge in [0.05, 0.1) is 23.8 Å². The van der Waals surface area contributed by atoms with E-state index in [0.717, 1.165) is 28.0 Å². The summed E-state index contributed by atoms with van der Waals surface area (Å²) in [5.74, 6) is -2.03. The first-order chi connectivity index (χ1) is 16.3. The van der Waals surface area contributed by atoms with Crippen LogP contribution in [0.25, 0.3) is 5.57 Å². The molecule has 14 heteroatoms. The number of anilines is 2. The number of rotatable bonds is 8. The molecule has 1 aromatic heterocycles. The van der Waals surface area contributed by atoms with Gasteiger partial charge in [-0.2, -0.15) is 0 Å². The van der Waals surface area contributed by atoms with Gasteiger partial charge in [-0.15, -0.1) is 11.3 Å². The van der Waals surface area contributed by atoms with E-state index in [-0.39, 0.29) is 50.9 Å². The fourth-order valence-corrected chi connectivity index (χ4v) is 4.78. The van der Waals surface area contributed by atoms with Crippen molar-refractivity contribution in [2.45, 2.75) is 13.8 Å². The molecular weight excluding hydrogens is 516 g/mol. The molecule has 2 aromatic rings. The van der Waals surface area contributed by atoms with Crippen molar-refractivity contribution in [3.63, 3.8) is 0 Å². The number of benzene rings is 1. The summed E-state index contributed by atoms with van der Waals surface area (Å²) in [7, 11) is 0. The molecule has 0 bridgehead atoms. The van der Waals surface area contributed by atoms with Crippen LogP contribution in [0.15, 0.2) is 40.6 Å². The minimum absolute atomic E-state index is 0. The third-order valence-corrected chi connectivity index (χ3v) is 6.37. The minimum atomic E-state index is -0.773. The molecule has 2 heterocycles. The second-order valence-corrected chi connectivity index (χ2v) is 8.97. The largest absolute Gasteiger partial charge is 0.465 e. The lowest BCUT2D eigenvalue weighted by Gasteiger charge is -2.13. The number of hydrogen-bond acceptors (Lipinski definition) is 10. The summed E-state index contributed by atoms with van der Waals surface area (Å²) in [5.41, 5.74) is 0.627. The Kier molecular flexibility index (Phi) is 10.3. The molecule has 0 radical (unpaired) electrons. The summed E-state index contributed by atoms with van der Waals surface area (Å²) >= 11 is 7.17. The Morgan fingerprint density at radius 2 is 1.77 bits per heavy atom. The van der Waals surface area contributed by atoms with Gasteiger partial charge in [0.2, 0.25) is 0 Å². The molecule has 35 heavy (non-hydrogen) atoms. The van der Waals surface area contributed by atoms with Crippen LogP contribution < -0.4 is 10.6 Å². The fourth-order valence-electron chi connectivity index (χ4n) is 2.77. The molecule has 1 aliphatic heterocycles. The van der Waals surface area contributed by atoms with E-state index in [0.29, 0.717) is 5.69 Å². The van der Waals surface area contributed by atoms with E-state index in [1.807, 2.05) is 6.07 Å². The number of thiocarbonyl (C=S) groups is 1. The number of carbonyl (C=O) groups is 4. The van der Waals surface area contributed by atoms with E-state index < -0.39 is 23.9 Å². The van der Waals surface area contributed by atoms with E-state index in [2.05, 4.69) is 15.6 Å². The van der Waals surface area contributed by atoms with Crippen molar-refractivity contribution in [2.75, 3.05) is 30.4 Å². The molecule has 0 unspecified atom stereocenters. The lowest BCUT2D eigenvalue weighted by molar-refractivity contribution is -0.145. The van der Waals surface area contributed by atoms with Gasteiger partial charge >= 0.3 is 18.0 Å². The lowest BCUT2D eigenvalue weighted by atomic mass is 10.2. The summed E-state index contributed by atoms with van der Waals surface area (Å²) in [6.45, 7) is 3.13. The van der Waals surface area contributed by atoms with Crippen LogP contribution in [-0.4, -0.2) is 63.3 Å². The van der Waals surface area contributed by atoms with Crippen molar-refractivity contribution in [1.29, 1.82) is 0 Å². The molecule has 1 saturated heterocycles. The van der Waals surface area contributed by atoms with E-state index >= 15 is 0 Å². The number of para-hydroxylation sites is 1. The zero-order valence-corrected chi connectivity index (χ0v) is 21.1. The van der Waals surface area contributed by atoms with Crippen LogP contribution in [0.4, 0.5) is 15.6 Å². The Balaban J connectivity index is 0.00000432. The molecule has 3 amide bonds. The molecule has 4 N–H and O–H groups in total. The number of carbonyl (C=O) groups excluding carboxylic acids is 4. The molecule has 11 nitrogen and oxygen atoms in total. The molecule has 0 atom stereocenters.